The second-order valence-corrected chi connectivity index (χ2v) is 8.14. The Kier molecular flexibility index (Phi) is 4.46. The summed E-state index contributed by atoms with van der Waals surface area (Å²) in [6.07, 6.45) is 2.77. The monoisotopic (exact) mass is 375 g/mol. The number of carbonyl (C=O) groups excluding carboxylic acids is 1. The van der Waals surface area contributed by atoms with Crippen molar-refractivity contribution in [1.29, 1.82) is 0 Å². The fourth-order valence-electron chi connectivity index (χ4n) is 3.99. The van der Waals surface area contributed by atoms with Gasteiger partial charge >= 0.3 is 5.91 Å². The summed E-state index contributed by atoms with van der Waals surface area (Å²) in [4.78, 5) is 14.6. The summed E-state index contributed by atoms with van der Waals surface area (Å²) >= 11 is 0. The zero-order chi connectivity index (χ0) is 19.9. The number of hydrazone groups is 1. The number of anilines is 1. The largest absolute Gasteiger partial charge is 0.451 e. The van der Waals surface area contributed by atoms with E-state index in [4.69, 9.17) is 4.42 Å². The number of para-hydroxylation sites is 1. The number of nitrogens with one attached hydrogen (secondary N) is 1. The van der Waals surface area contributed by atoms with Gasteiger partial charge in [-0.2, -0.15) is 5.10 Å². The van der Waals surface area contributed by atoms with Crippen molar-refractivity contribution < 1.29 is 9.21 Å². The molecule has 144 valence electrons. The molecule has 1 N–H and O–H groups in total. The van der Waals surface area contributed by atoms with Gasteiger partial charge in [0.05, 0.1) is 6.21 Å². The highest BCUT2D eigenvalue weighted by atomic mass is 16.3. The van der Waals surface area contributed by atoms with Gasteiger partial charge in [0.25, 0.3) is 0 Å². The van der Waals surface area contributed by atoms with Crippen LogP contribution >= 0.6 is 0 Å². The fraction of sp³-hybridized carbons (Fsp3) is 0.304. The summed E-state index contributed by atoms with van der Waals surface area (Å²) in [5.41, 5.74) is 6.91. The Hall–Kier alpha value is -3.08. The van der Waals surface area contributed by atoms with Gasteiger partial charge in [0.2, 0.25) is 0 Å². The first-order chi connectivity index (χ1) is 13.3. The third kappa shape index (κ3) is 3.28. The predicted molar refractivity (Wildman–Crippen MR) is 113 cm³/mol. The predicted octanol–water partition coefficient (Wildman–Crippen LogP) is 4.92. The maximum atomic E-state index is 12.3. The molecule has 0 saturated carbocycles. The number of hydrogen-bond acceptors (Lipinski definition) is 4. The second kappa shape index (κ2) is 6.82. The first-order valence-electron chi connectivity index (χ1n) is 9.55. The van der Waals surface area contributed by atoms with Crippen molar-refractivity contribution in [3.63, 3.8) is 0 Å². The normalized spacial score (nSPS) is 18.4. The summed E-state index contributed by atoms with van der Waals surface area (Å²) in [5.74, 6) is 0.362. The molecule has 3 aromatic rings. The lowest BCUT2D eigenvalue weighted by Crippen LogP contribution is -2.45. The van der Waals surface area contributed by atoms with Crippen molar-refractivity contribution >= 4 is 28.8 Å². The number of amides is 1. The van der Waals surface area contributed by atoms with Gasteiger partial charge in [0.15, 0.2) is 5.76 Å². The van der Waals surface area contributed by atoms with E-state index in [1.165, 1.54) is 11.3 Å². The molecule has 5 heteroatoms. The van der Waals surface area contributed by atoms with Crippen LogP contribution in [0.3, 0.4) is 0 Å². The molecule has 0 radical (unpaired) electrons. The molecule has 1 aliphatic rings. The topological polar surface area (TPSA) is 57.8 Å². The third-order valence-electron chi connectivity index (χ3n) is 5.69. The first-order valence-corrected chi connectivity index (χ1v) is 9.55. The Labute approximate surface area is 165 Å². The summed E-state index contributed by atoms with van der Waals surface area (Å²) in [6.45, 7) is 6.81. The van der Waals surface area contributed by atoms with Crippen LogP contribution in [0.5, 0.6) is 0 Å². The average molecular weight is 375 g/mol. The number of carbonyl (C=O) groups is 1. The number of benzene rings is 2. The van der Waals surface area contributed by atoms with Crippen LogP contribution < -0.4 is 10.3 Å². The van der Waals surface area contributed by atoms with Crippen LogP contribution in [0, 0.1) is 0 Å². The Morgan fingerprint density at radius 1 is 1.25 bits per heavy atom. The standard InChI is InChI=1S/C23H25N3O2/c1-15-13-23(2,3)26(4)19-10-9-16(11-18(15)19)14-24-25-22(27)21-12-17-7-5-6-8-20(17)28-21/h5-12,14-15H,13H2,1-4H3,(H,25,27)/b24-14+/t15-/m1/s1. The average Bonchev–Trinajstić information content (AvgIpc) is 3.10. The van der Waals surface area contributed by atoms with Crippen LogP contribution in [0.15, 0.2) is 58.0 Å². The van der Waals surface area contributed by atoms with Gasteiger partial charge in [-0.3, -0.25) is 4.79 Å². The van der Waals surface area contributed by atoms with Gasteiger partial charge in [0, 0.05) is 23.7 Å². The van der Waals surface area contributed by atoms with Gasteiger partial charge in [-0.25, -0.2) is 5.43 Å². The minimum atomic E-state index is -0.361. The van der Waals surface area contributed by atoms with Gasteiger partial charge < -0.3 is 9.32 Å². The maximum absolute atomic E-state index is 12.3. The molecule has 5 nitrogen and oxygen atoms in total. The number of hydrogen-bond donors (Lipinski definition) is 1. The molecule has 0 saturated heterocycles. The maximum Gasteiger partial charge on any atom is 0.307 e. The lowest BCUT2D eigenvalue weighted by atomic mass is 9.80. The highest BCUT2D eigenvalue weighted by Gasteiger charge is 2.33. The van der Waals surface area contributed by atoms with Crippen molar-refractivity contribution in [1.82, 2.24) is 5.43 Å². The van der Waals surface area contributed by atoms with E-state index in [1.807, 2.05) is 30.3 Å². The Balaban J connectivity index is 1.49. The molecule has 0 bridgehead atoms. The molecule has 2 heterocycles. The molecule has 0 unspecified atom stereocenters. The zero-order valence-electron chi connectivity index (χ0n) is 16.7. The molecule has 2 aromatic carbocycles. The fourth-order valence-corrected chi connectivity index (χ4v) is 3.99. The van der Waals surface area contributed by atoms with Crippen molar-refractivity contribution in [2.24, 2.45) is 5.10 Å². The van der Waals surface area contributed by atoms with Crippen LogP contribution in [0.25, 0.3) is 11.0 Å². The molecule has 1 aromatic heterocycles. The minimum absolute atomic E-state index is 0.141. The van der Waals surface area contributed by atoms with E-state index in [-0.39, 0.29) is 17.2 Å². The van der Waals surface area contributed by atoms with E-state index in [1.54, 1.807) is 12.3 Å². The van der Waals surface area contributed by atoms with Crippen molar-refractivity contribution in [2.75, 3.05) is 11.9 Å². The van der Waals surface area contributed by atoms with Gasteiger partial charge in [-0.1, -0.05) is 31.2 Å². The lowest BCUT2D eigenvalue weighted by molar-refractivity contribution is 0.0929. The Morgan fingerprint density at radius 2 is 2.04 bits per heavy atom. The third-order valence-corrected chi connectivity index (χ3v) is 5.69. The van der Waals surface area contributed by atoms with E-state index in [2.05, 4.69) is 55.4 Å². The molecular formula is C23H25N3O2. The molecule has 1 atom stereocenters. The number of furan rings is 1. The molecular weight excluding hydrogens is 350 g/mol. The first kappa shape index (κ1) is 18.3. The smallest absolute Gasteiger partial charge is 0.307 e. The quantitative estimate of drug-likeness (QED) is 0.522. The van der Waals surface area contributed by atoms with E-state index < -0.39 is 0 Å². The van der Waals surface area contributed by atoms with E-state index >= 15 is 0 Å². The summed E-state index contributed by atoms with van der Waals surface area (Å²) < 4.78 is 5.56. The van der Waals surface area contributed by atoms with Crippen molar-refractivity contribution in [3.8, 4) is 0 Å². The van der Waals surface area contributed by atoms with E-state index in [9.17, 15) is 4.79 Å². The zero-order valence-corrected chi connectivity index (χ0v) is 16.7. The summed E-state index contributed by atoms with van der Waals surface area (Å²) in [7, 11) is 2.14. The molecule has 4 rings (SSSR count). The molecule has 0 fully saturated rings. The van der Waals surface area contributed by atoms with Crippen LogP contribution in [-0.4, -0.2) is 24.7 Å². The van der Waals surface area contributed by atoms with E-state index in [0.717, 1.165) is 17.4 Å². The number of nitrogens with zero attached hydrogens (tertiary/aromatic N) is 2. The van der Waals surface area contributed by atoms with Gasteiger partial charge in [-0.15, -0.1) is 0 Å². The van der Waals surface area contributed by atoms with Crippen LogP contribution in [-0.2, 0) is 0 Å². The SMILES string of the molecule is C[C@@H]1CC(C)(C)N(C)c2ccc(/C=N/NC(=O)c3cc4ccccc4o3)cc21. The summed E-state index contributed by atoms with van der Waals surface area (Å²) in [6, 6.07) is 15.6. The Morgan fingerprint density at radius 3 is 2.82 bits per heavy atom. The van der Waals surface area contributed by atoms with Crippen LogP contribution in [0.4, 0.5) is 5.69 Å². The molecule has 1 aliphatic heterocycles. The molecule has 0 spiro atoms. The Bertz CT molecular complexity index is 1030. The van der Waals surface area contributed by atoms with Crippen molar-refractivity contribution in [2.45, 2.75) is 38.6 Å². The highest BCUT2D eigenvalue weighted by Crippen LogP contribution is 2.42. The van der Waals surface area contributed by atoms with E-state index in [0.29, 0.717) is 11.5 Å². The number of rotatable bonds is 3. The van der Waals surface area contributed by atoms with Crippen LogP contribution in [0.1, 0.15) is 54.8 Å². The van der Waals surface area contributed by atoms with Gasteiger partial charge in [0.1, 0.15) is 5.58 Å². The minimum Gasteiger partial charge on any atom is -0.451 e. The molecule has 28 heavy (non-hydrogen) atoms. The van der Waals surface area contributed by atoms with Crippen molar-refractivity contribution in [3.05, 3.63) is 65.4 Å². The second-order valence-electron chi connectivity index (χ2n) is 8.14. The van der Waals surface area contributed by atoms with Crippen LogP contribution in [0.2, 0.25) is 0 Å². The molecule has 1 amide bonds. The van der Waals surface area contributed by atoms with Gasteiger partial charge in [-0.05, 0) is 61.6 Å². The lowest BCUT2D eigenvalue weighted by Gasteiger charge is -2.45. The highest BCUT2D eigenvalue weighted by molar-refractivity contribution is 5.96. The molecule has 0 aliphatic carbocycles. The summed E-state index contributed by atoms with van der Waals surface area (Å²) in [5, 5.41) is 5.01. The number of fused-ring (bicyclic) bond motifs is 2.